The van der Waals surface area contributed by atoms with E-state index in [1.807, 2.05) is 13.8 Å². The normalized spacial score (nSPS) is 12.6. The maximum Gasteiger partial charge on any atom is 0.309 e. The van der Waals surface area contributed by atoms with Gasteiger partial charge in [0.05, 0.1) is 11.2 Å². The largest absolute Gasteiger partial charge is 0.468 e. The van der Waals surface area contributed by atoms with Crippen molar-refractivity contribution in [3.63, 3.8) is 0 Å². The van der Waals surface area contributed by atoms with Gasteiger partial charge in [-0.3, -0.25) is 9.59 Å². The van der Waals surface area contributed by atoms with E-state index in [1.54, 1.807) is 30.3 Å². The highest BCUT2D eigenvalue weighted by atomic mass is 32.2. The molecule has 7 nitrogen and oxygen atoms in total. The molecule has 0 aliphatic rings. The molecule has 2 aromatic rings. The van der Waals surface area contributed by atoms with Gasteiger partial charge in [-0.25, -0.2) is 8.42 Å². The predicted octanol–water partition coefficient (Wildman–Crippen LogP) is 1.78. The average Bonchev–Trinajstić information content (AvgIpc) is 3.15. The molecule has 0 bridgehead atoms. The minimum atomic E-state index is -3.83. The van der Waals surface area contributed by atoms with E-state index in [1.165, 1.54) is 19.4 Å². The quantitative estimate of drug-likeness (QED) is 0.746. The molecule has 0 spiro atoms. The number of amides is 2. The summed E-state index contributed by atoms with van der Waals surface area (Å²) in [5.41, 5.74) is 1.02. The summed E-state index contributed by atoms with van der Waals surface area (Å²) in [6, 6.07) is 9.71. The number of hydrogen-bond donors (Lipinski definition) is 2. The number of carbonyl (C=O) groups is 2. The van der Waals surface area contributed by atoms with Gasteiger partial charge in [-0.15, -0.1) is 0 Å². The Morgan fingerprint density at radius 2 is 1.73 bits per heavy atom. The summed E-state index contributed by atoms with van der Waals surface area (Å²) >= 11 is 0. The minimum absolute atomic E-state index is 0.123. The maximum atomic E-state index is 13.1. The highest BCUT2D eigenvalue weighted by Gasteiger charge is 2.32. The van der Waals surface area contributed by atoms with E-state index in [0.717, 1.165) is 5.56 Å². The first kappa shape index (κ1) is 19.7. The Morgan fingerprint density at radius 3 is 2.23 bits per heavy atom. The van der Waals surface area contributed by atoms with Crippen LogP contribution in [0.15, 0.2) is 52.0 Å². The summed E-state index contributed by atoms with van der Waals surface area (Å²) in [5.74, 6) is -1.29. The van der Waals surface area contributed by atoms with Gasteiger partial charge < -0.3 is 15.1 Å². The Hall–Kier alpha value is -2.61. The maximum absolute atomic E-state index is 13.1. The SMILES string of the molecule is CNC(=O)C(=O)NC[C@H](c1ccco1)S(=O)(=O)c1ccc(C(C)C)cc1. The monoisotopic (exact) mass is 378 g/mol. The smallest absolute Gasteiger partial charge is 0.309 e. The van der Waals surface area contributed by atoms with E-state index < -0.39 is 26.9 Å². The van der Waals surface area contributed by atoms with E-state index in [4.69, 9.17) is 4.42 Å². The summed E-state index contributed by atoms with van der Waals surface area (Å²) in [4.78, 5) is 23.1. The molecular formula is C18H22N2O5S. The van der Waals surface area contributed by atoms with Crippen LogP contribution in [0.5, 0.6) is 0 Å². The van der Waals surface area contributed by atoms with Crippen molar-refractivity contribution in [3.05, 3.63) is 54.0 Å². The number of sulfone groups is 1. The molecule has 1 heterocycles. The van der Waals surface area contributed by atoms with Crippen molar-refractivity contribution in [1.29, 1.82) is 0 Å². The molecule has 2 amide bonds. The van der Waals surface area contributed by atoms with Crippen LogP contribution in [-0.2, 0) is 19.4 Å². The predicted molar refractivity (Wildman–Crippen MR) is 96.2 cm³/mol. The lowest BCUT2D eigenvalue weighted by atomic mass is 10.0. The summed E-state index contributed by atoms with van der Waals surface area (Å²) < 4.78 is 31.4. The van der Waals surface area contributed by atoms with Crippen LogP contribution < -0.4 is 10.6 Å². The van der Waals surface area contributed by atoms with Crippen LogP contribution in [-0.4, -0.2) is 33.8 Å². The fourth-order valence-corrected chi connectivity index (χ4v) is 4.01. The van der Waals surface area contributed by atoms with Crippen LogP contribution in [0.1, 0.15) is 36.3 Å². The molecule has 0 fully saturated rings. The molecule has 0 aliphatic heterocycles. The van der Waals surface area contributed by atoms with Crippen molar-refractivity contribution in [2.45, 2.75) is 29.9 Å². The standard InChI is InChI=1S/C18H22N2O5S/c1-12(2)13-6-8-14(9-7-13)26(23,24)16(15-5-4-10-25-15)11-20-18(22)17(21)19-3/h4-10,12,16H,11H2,1-3H3,(H,19,21)(H,20,22)/t16-/m1/s1. The number of hydrogen-bond acceptors (Lipinski definition) is 5. The second-order valence-corrected chi connectivity index (χ2v) is 8.19. The third kappa shape index (κ3) is 4.32. The molecule has 8 heteroatoms. The number of carbonyl (C=O) groups excluding carboxylic acids is 2. The van der Waals surface area contributed by atoms with Crippen molar-refractivity contribution >= 4 is 21.7 Å². The Morgan fingerprint density at radius 1 is 1.08 bits per heavy atom. The van der Waals surface area contributed by atoms with Crippen LogP contribution in [0.3, 0.4) is 0 Å². The second-order valence-electron chi connectivity index (χ2n) is 6.06. The van der Waals surface area contributed by atoms with E-state index in [9.17, 15) is 18.0 Å². The Balaban J connectivity index is 2.31. The zero-order valence-corrected chi connectivity index (χ0v) is 15.7. The van der Waals surface area contributed by atoms with Gasteiger partial charge in [0.25, 0.3) is 0 Å². The number of benzene rings is 1. The molecule has 1 aromatic heterocycles. The molecule has 2 rings (SSSR count). The molecule has 0 saturated carbocycles. The highest BCUT2D eigenvalue weighted by Crippen LogP contribution is 2.29. The second kappa shape index (κ2) is 8.18. The lowest BCUT2D eigenvalue weighted by molar-refractivity contribution is -0.138. The van der Waals surface area contributed by atoms with Gasteiger partial charge in [-0.2, -0.15) is 0 Å². The third-order valence-corrected chi connectivity index (χ3v) is 6.07. The van der Waals surface area contributed by atoms with Crippen molar-refractivity contribution in [3.8, 4) is 0 Å². The molecule has 0 radical (unpaired) electrons. The van der Waals surface area contributed by atoms with Crippen molar-refractivity contribution in [2.75, 3.05) is 13.6 Å². The zero-order valence-electron chi connectivity index (χ0n) is 14.9. The Bertz CT molecular complexity index is 855. The van der Waals surface area contributed by atoms with Gasteiger partial charge in [0.15, 0.2) is 9.84 Å². The number of nitrogens with one attached hydrogen (secondary N) is 2. The van der Waals surface area contributed by atoms with Gasteiger partial charge in [0.2, 0.25) is 0 Å². The number of rotatable bonds is 6. The lowest BCUT2D eigenvalue weighted by Crippen LogP contribution is -2.40. The Kier molecular flexibility index (Phi) is 6.20. The van der Waals surface area contributed by atoms with Crippen molar-refractivity contribution < 1.29 is 22.4 Å². The molecule has 26 heavy (non-hydrogen) atoms. The number of likely N-dealkylation sites (N-methyl/N-ethyl adjacent to an activating group) is 1. The fraction of sp³-hybridized carbons (Fsp3) is 0.333. The summed E-state index contributed by atoms with van der Waals surface area (Å²) in [6.45, 7) is 3.75. The molecule has 2 N–H and O–H groups in total. The van der Waals surface area contributed by atoms with Crippen LogP contribution in [0.4, 0.5) is 0 Å². The highest BCUT2D eigenvalue weighted by molar-refractivity contribution is 7.91. The molecule has 0 unspecified atom stereocenters. The first-order valence-electron chi connectivity index (χ1n) is 8.14. The van der Waals surface area contributed by atoms with Gasteiger partial charge in [0, 0.05) is 13.6 Å². The van der Waals surface area contributed by atoms with Gasteiger partial charge in [0.1, 0.15) is 11.0 Å². The fourth-order valence-electron chi connectivity index (χ4n) is 2.42. The first-order valence-corrected chi connectivity index (χ1v) is 9.69. The number of furan rings is 1. The summed E-state index contributed by atoms with van der Waals surface area (Å²) in [6.07, 6.45) is 1.36. The third-order valence-electron chi connectivity index (χ3n) is 3.99. The summed E-state index contributed by atoms with van der Waals surface area (Å²) in [7, 11) is -2.52. The zero-order chi connectivity index (χ0) is 19.3. The van der Waals surface area contributed by atoms with Crippen molar-refractivity contribution in [2.24, 2.45) is 0 Å². The van der Waals surface area contributed by atoms with E-state index in [-0.39, 0.29) is 23.1 Å². The van der Waals surface area contributed by atoms with Gasteiger partial charge in [-0.1, -0.05) is 26.0 Å². The molecule has 140 valence electrons. The Labute approximate surface area is 152 Å². The van der Waals surface area contributed by atoms with Gasteiger partial charge in [-0.05, 0) is 35.7 Å². The van der Waals surface area contributed by atoms with Crippen LogP contribution in [0, 0.1) is 0 Å². The average molecular weight is 378 g/mol. The minimum Gasteiger partial charge on any atom is -0.468 e. The lowest BCUT2D eigenvalue weighted by Gasteiger charge is -2.17. The molecule has 1 atom stereocenters. The van der Waals surface area contributed by atoms with E-state index in [2.05, 4.69) is 10.6 Å². The molecular weight excluding hydrogens is 356 g/mol. The molecule has 0 saturated heterocycles. The van der Waals surface area contributed by atoms with Crippen molar-refractivity contribution in [1.82, 2.24) is 10.6 Å². The molecule has 0 aliphatic carbocycles. The first-order chi connectivity index (χ1) is 12.3. The van der Waals surface area contributed by atoms with Crippen LogP contribution in [0.2, 0.25) is 0 Å². The van der Waals surface area contributed by atoms with E-state index >= 15 is 0 Å². The molecule has 1 aromatic carbocycles. The van der Waals surface area contributed by atoms with E-state index in [0.29, 0.717) is 0 Å². The van der Waals surface area contributed by atoms with Crippen LogP contribution in [0.25, 0.3) is 0 Å². The topological polar surface area (TPSA) is 105 Å². The van der Waals surface area contributed by atoms with Crippen LogP contribution >= 0.6 is 0 Å². The summed E-state index contributed by atoms with van der Waals surface area (Å²) in [5, 5.41) is 3.38. The van der Waals surface area contributed by atoms with Gasteiger partial charge >= 0.3 is 11.8 Å².